The molecule has 4 rings (SSSR count). The Morgan fingerprint density at radius 2 is 1.77 bits per heavy atom. The van der Waals surface area contributed by atoms with E-state index in [4.69, 9.17) is 0 Å². The summed E-state index contributed by atoms with van der Waals surface area (Å²) in [4.78, 5) is 32.8. The van der Waals surface area contributed by atoms with Gasteiger partial charge in [0.15, 0.2) is 0 Å². The number of amides is 2. The van der Waals surface area contributed by atoms with Gasteiger partial charge in [-0.15, -0.1) is 11.3 Å². The van der Waals surface area contributed by atoms with Crippen LogP contribution in [0.15, 0.2) is 24.3 Å². The lowest BCUT2D eigenvalue weighted by molar-refractivity contribution is -0.134. The molecule has 1 aromatic heterocycles. The quantitative estimate of drug-likeness (QED) is 0.724. The standard InChI is InChI=1S/C24H33N3O2S/c1-25(2)24(29)23-20(19-11-4-5-12-21(19)30-23)16-18-10-6-9-15-27(18)17-22(28)26-13-7-3-8-14-26/h4-5,11-12,18H,3,6-10,13-17H2,1-2H3/t18-/m1/s1. The molecule has 0 radical (unpaired) electrons. The molecule has 0 spiro atoms. The molecule has 162 valence electrons. The van der Waals surface area contributed by atoms with E-state index in [2.05, 4.69) is 28.0 Å². The van der Waals surface area contributed by atoms with Gasteiger partial charge in [0.05, 0.1) is 11.4 Å². The first kappa shape index (κ1) is 21.3. The lowest BCUT2D eigenvalue weighted by Crippen LogP contribution is -2.48. The van der Waals surface area contributed by atoms with E-state index in [0.29, 0.717) is 12.6 Å². The summed E-state index contributed by atoms with van der Waals surface area (Å²) in [5.41, 5.74) is 1.16. The van der Waals surface area contributed by atoms with Crippen LogP contribution in [0.25, 0.3) is 10.1 Å². The molecule has 0 aliphatic carbocycles. The predicted molar refractivity (Wildman–Crippen MR) is 123 cm³/mol. The summed E-state index contributed by atoms with van der Waals surface area (Å²) in [6.07, 6.45) is 7.77. The fourth-order valence-electron chi connectivity index (χ4n) is 4.83. The maximum atomic E-state index is 12.9. The average Bonchev–Trinajstić information content (AvgIpc) is 3.13. The highest BCUT2D eigenvalue weighted by molar-refractivity contribution is 7.21. The number of likely N-dealkylation sites (tertiary alicyclic amines) is 2. The summed E-state index contributed by atoms with van der Waals surface area (Å²) >= 11 is 1.60. The first-order chi connectivity index (χ1) is 14.5. The average molecular weight is 428 g/mol. The molecule has 0 unspecified atom stereocenters. The molecule has 0 saturated carbocycles. The fourth-order valence-corrected chi connectivity index (χ4v) is 6.08. The van der Waals surface area contributed by atoms with E-state index < -0.39 is 0 Å². The van der Waals surface area contributed by atoms with E-state index in [1.807, 2.05) is 20.2 Å². The van der Waals surface area contributed by atoms with Gasteiger partial charge in [0, 0.05) is 37.9 Å². The molecule has 5 nitrogen and oxygen atoms in total. The van der Waals surface area contributed by atoms with Crippen LogP contribution in [0, 0.1) is 0 Å². The number of thiophene rings is 1. The van der Waals surface area contributed by atoms with Gasteiger partial charge in [-0.2, -0.15) is 0 Å². The monoisotopic (exact) mass is 427 g/mol. The minimum atomic E-state index is 0.0814. The third-order valence-corrected chi connectivity index (χ3v) is 7.74. The molecule has 3 heterocycles. The highest BCUT2D eigenvalue weighted by Crippen LogP contribution is 2.34. The predicted octanol–water partition coefficient (Wildman–Crippen LogP) is 4.01. The van der Waals surface area contributed by atoms with Gasteiger partial charge in [0.25, 0.3) is 5.91 Å². The van der Waals surface area contributed by atoms with Crippen LogP contribution in [-0.2, 0) is 11.2 Å². The van der Waals surface area contributed by atoms with E-state index in [1.54, 1.807) is 16.2 Å². The topological polar surface area (TPSA) is 43.9 Å². The molecule has 30 heavy (non-hydrogen) atoms. The Labute approximate surface area is 183 Å². The van der Waals surface area contributed by atoms with Crippen molar-refractivity contribution in [2.45, 2.75) is 51.0 Å². The maximum absolute atomic E-state index is 12.9. The number of fused-ring (bicyclic) bond motifs is 1. The molecule has 2 fully saturated rings. The largest absolute Gasteiger partial charge is 0.344 e. The Balaban J connectivity index is 1.57. The molecule has 2 saturated heterocycles. The van der Waals surface area contributed by atoms with Crippen molar-refractivity contribution < 1.29 is 9.59 Å². The highest BCUT2D eigenvalue weighted by Gasteiger charge is 2.29. The second kappa shape index (κ2) is 9.48. The molecule has 1 atom stereocenters. The third kappa shape index (κ3) is 4.54. The summed E-state index contributed by atoms with van der Waals surface area (Å²) in [7, 11) is 3.64. The van der Waals surface area contributed by atoms with Crippen molar-refractivity contribution in [3.05, 3.63) is 34.7 Å². The molecule has 0 N–H and O–H groups in total. The third-order valence-electron chi connectivity index (χ3n) is 6.53. The van der Waals surface area contributed by atoms with Crippen molar-refractivity contribution in [2.24, 2.45) is 0 Å². The summed E-state index contributed by atoms with van der Waals surface area (Å²) in [6, 6.07) is 8.66. The summed E-state index contributed by atoms with van der Waals surface area (Å²) in [6.45, 7) is 3.31. The number of benzene rings is 1. The van der Waals surface area contributed by atoms with Gasteiger partial charge < -0.3 is 9.80 Å². The van der Waals surface area contributed by atoms with Crippen LogP contribution in [0.3, 0.4) is 0 Å². The number of nitrogens with zero attached hydrogens (tertiary/aromatic N) is 3. The minimum absolute atomic E-state index is 0.0814. The molecular formula is C24H33N3O2S. The van der Waals surface area contributed by atoms with Crippen molar-refractivity contribution >= 4 is 33.2 Å². The van der Waals surface area contributed by atoms with E-state index >= 15 is 0 Å². The number of hydrogen-bond donors (Lipinski definition) is 0. The zero-order valence-electron chi connectivity index (χ0n) is 18.2. The van der Waals surface area contributed by atoms with Gasteiger partial charge >= 0.3 is 0 Å². The molecule has 0 bridgehead atoms. The molecule has 2 aliphatic heterocycles. The second-order valence-electron chi connectivity index (χ2n) is 8.87. The van der Waals surface area contributed by atoms with Gasteiger partial charge in [0.1, 0.15) is 0 Å². The van der Waals surface area contributed by atoms with Crippen molar-refractivity contribution in [3.8, 4) is 0 Å². The van der Waals surface area contributed by atoms with Crippen LogP contribution >= 0.6 is 11.3 Å². The number of carbonyl (C=O) groups is 2. The number of piperidine rings is 2. The first-order valence-electron chi connectivity index (χ1n) is 11.3. The molecule has 2 aliphatic rings. The maximum Gasteiger partial charge on any atom is 0.263 e. The van der Waals surface area contributed by atoms with E-state index in [-0.39, 0.29) is 11.8 Å². The van der Waals surface area contributed by atoms with Crippen LogP contribution in [-0.4, -0.2) is 72.8 Å². The van der Waals surface area contributed by atoms with Crippen LogP contribution in [0.2, 0.25) is 0 Å². The van der Waals surface area contributed by atoms with Crippen molar-refractivity contribution in [1.82, 2.24) is 14.7 Å². The van der Waals surface area contributed by atoms with E-state index in [1.165, 1.54) is 22.9 Å². The normalized spacial score (nSPS) is 20.5. The Hall–Kier alpha value is -1.92. The fraction of sp³-hybridized carbons (Fsp3) is 0.583. The number of carbonyl (C=O) groups excluding carboxylic acids is 2. The Morgan fingerprint density at radius 3 is 2.53 bits per heavy atom. The SMILES string of the molecule is CN(C)C(=O)c1sc2ccccc2c1C[C@H]1CCCCN1CC(=O)N1CCCCC1. The van der Waals surface area contributed by atoms with Crippen LogP contribution in [0.4, 0.5) is 0 Å². The Kier molecular flexibility index (Phi) is 6.74. The highest BCUT2D eigenvalue weighted by atomic mass is 32.1. The van der Waals surface area contributed by atoms with Gasteiger partial charge in [-0.1, -0.05) is 24.6 Å². The number of hydrogen-bond acceptors (Lipinski definition) is 4. The van der Waals surface area contributed by atoms with Crippen LogP contribution in [0.1, 0.15) is 53.8 Å². The van der Waals surface area contributed by atoms with Gasteiger partial charge in [-0.25, -0.2) is 0 Å². The zero-order chi connectivity index (χ0) is 21.1. The van der Waals surface area contributed by atoms with E-state index in [0.717, 1.165) is 62.2 Å². The molecular weight excluding hydrogens is 394 g/mol. The minimum Gasteiger partial charge on any atom is -0.344 e. The number of rotatable bonds is 5. The lowest BCUT2D eigenvalue weighted by atomic mass is 9.93. The Morgan fingerprint density at radius 1 is 1.03 bits per heavy atom. The van der Waals surface area contributed by atoms with Crippen molar-refractivity contribution in [3.63, 3.8) is 0 Å². The zero-order valence-corrected chi connectivity index (χ0v) is 19.0. The van der Waals surface area contributed by atoms with Gasteiger partial charge in [0.2, 0.25) is 5.91 Å². The lowest BCUT2D eigenvalue weighted by Gasteiger charge is -2.37. The molecule has 2 amide bonds. The molecule has 6 heteroatoms. The van der Waals surface area contributed by atoms with Gasteiger partial charge in [-0.05, 0) is 62.1 Å². The van der Waals surface area contributed by atoms with Crippen molar-refractivity contribution in [1.29, 1.82) is 0 Å². The summed E-state index contributed by atoms with van der Waals surface area (Å²) < 4.78 is 1.17. The van der Waals surface area contributed by atoms with Crippen molar-refractivity contribution in [2.75, 3.05) is 40.3 Å². The summed E-state index contributed by atoms with van der Waals surface area (Å²) in [5.74, 6) is 0.360. The Bertz CT molecular complexity index is 901. The molecule has 2 aromatic rings. The molecule has 1 aromatic carbocycles. The smallest absolute Gasteiger partial charge is 0.263 e. The second-order valence-corrected chi connectivity index (χ2v) is 9.92. The first-order valence-corrected chi connectivity index (χ1v) is 12.1. The van der Waals surface area contributed by atoms with E-state index in [9.17, 15) is 9.59 Å². The summed E-state index contributed by atoms with van der Waals surface area (Å²) in [5, 5.41) is 1.19. The van der Waals surface area contributed by atoms with Crippen LogP contribution in [0.5, 0.6) is 0 Å². The van der Waals surface area contributed by atoms with Gasteiger partial charge in [-0.3, -0.25) is 14.5 Å². The van der Waals surface area contributed by atoms with Crippen LogP contribution < -0.4 is 0 Å².